The van der Waals surface area contributed by atoms with Crippen molar-refractivity contribution in [2.45, 2.75) is 20.8 Å². The molecule has 0 aliphatic rings. The van der Waals surface area contributed by atoms with E-state index in [-0.39, 0.29) is 22.9 Å². The zero-order valence-electron chi connectivity index (χ0n) is 14.1. The topological polar surface area (TPSA) is 112 Å². The lowest BCUT2D eigenvalue weighted by Gasteiger charge is -2.14. The van der Waals surface area contributed by atoms with Crippen molar-refractivity contribution < 1.29 is 9.90 Å². The third kappa shape index (κ3) is 2.27. The monoisotopic (exact) mass is 335 g/mol. The number of nitrogens with two attached hydrogens (primary N) is 2. The van der Waals surface area contributed by atoms with Crippen LogP contribution in [0.1, 0.15) is 27.0 Å². The first kappa shape index (κ1) is 16.3. The van der Waals surface area contributed by atoms with Crippen LogP contribution in [-0.4, -0.2) is 20.6 Å². The van der Waals surface area contributed by atoms with E-state index in [1.165, 1.54) is 0 Å². The maximum Gasteiger partial charge on any atom is 0.274 e. The molecule has 126 valence electrons. The number of nitrogens with zero attached hydrogens (tertiary/aromatic N) is 3. The average Bonchev–Trinajstić information content (AvgIpc) is 2.82. The van der Waals surface area contributed by atoms with Crippen LogP contribution >= 0.6 is 0 Å². The maximum atomic E-state index is 12.0. The lowest BCUT2D eigenvalue weighted by molar-refractivity contribution is 0.100. The fraction of sp³-hybridized carbons (Fsp3) is 0.167. The minimum Gasteiger partial charge on any atom is -0.508 e. The normalized spacial score (nSPS) is 10.8. The summed E-state index contributed by atoms with van der Waals surface area (Å²) in [5, 5.41) is 10.6. The Kier molecular flexibility index (Phi) is 3.61. The van der Waals surface area contributed by atoms with E-state index in [4.69, 9.17) is 18.0 Å². The first-order valence-corrected chi connectivity index (χ1v) is 7.56. The lowest BCUT2D eigenvalue weighted by Crippen LogP contribution is -2.14. The second kappa shape index (κ2) is 5.53. The molecule has 25 heavy (non-hydrogen) atoms. The molecule has 1 amide bonds. The van der Waals surface area contributed by atoms with Crippen molar-refractivity contribution in [3.05, 3.63) is 51.9 Å². The number of rotatable bonds is 2. The molecule has 0 radical (unpaired) electrons. The lowest BCUT2D eigenvalue weighted by atomic mass is 10.1. The van der Waals surface area contributed by atoms with Crippen LogP contribution < -0.4 is 11.5 Å². The van der Waals surface area contributed by atoms with Gasteiger partial charge in [-0.3, -0.25) is 9.36 Å². The van der Waals surface area contributed by atoms with Gasteiger partial charge in [0.2, 0.25) is 5.65 Å². The third-order valence-electron chi connectivity index (χ3n) is 4.32. The van der Waals surface area contributed by atoms with Crippen LogP contribution in [0.25, 0.3) is 21.6 Å². The van der Waals surface area contributed by atoms with E-state index in [1.54, 1.807) is 36.6 Å². The van der Waals surface area contributed by atoms with E-state index < -0.39 is 5.91 Å². The van der Waals surface area contributed by atoms with Crippen molar-refractivity contribution in [2.75, 3.05) is 5.73 Å². The number of pyridine rings is 1. The van der Waals surface area contributed by atoms with Gasteiger partial charge < -0.3 is 21.4 Å². The Balaban J connectivity index is 2.57. The Hall–Kier alpha value is -3.53. The SMILES string of the molecule is [C-]#[N+]c1nc2c(cc1C)c(C(N)=O)c(N)n2-c1c(C)ccc(O)c1C. The summed E-state index contributed by atoms with van der Waals surface area (Å²) in [6.45, 7) is 12.6. The number of primary amides is 1. The number of amides is 1. The molecule has 0 aliphatic carbocycles. The van der Waals surface area contributed by atoms with Crippen molar-refractivity contribution in [2.24, 2.45) is 5.73 Å². The molecule has 0 spiro atoms. The Labute approximate surface area is 144 Å². The summed E-state index contributed by atoms with van der Waals surface area (Å²) in [5.74, 6) is -0.223. The molecule has 0 saturated heterocycles. The molecule has 5 N–H and O–H groups in total. The van der Waals surface area contributed by atoms with Gasteiger partial charge in [-0.1, -0.05) is 18.7 Å². The summed E-state index contributed by atoms with van der Waals surface area (Å²) >= 11 is 0. The van der Waals surface area contributed by atoms with Crippen LogP contribution in [-0.2, 0) is 0 Å². The predicted molar refractivity (Wildman–Crippen MR) is 96.1 cm³/mol. The van der Waals surface area contributed by atoms with Gasteiger partial charge in [0.15, 0.2) is 0 Å². The molecule has 1 aromatic carbocycles. The highest BCUT2D eigenvalue weighted by molar-refractivity contribution is 6.11. The number of phenols is 1. The second-order valence-electron chi connectivity index (χ2n) is 5.95. The molecule has 0 bridgehead atoms. The summed E-state index contributed by atoms with van der Waals surface area (Å²) in [6.07, 6.45) is 0. The minimum absolute atomic E-state index is 0.0972. The van der Waals surface area contributed by atoms with Crippen molar-refractivity contribution in [3.63, 3.8) is 0 Å². The molecule has 0 aliphatic heterocycles. The van der Waals surface area contributed by atoms with Gasteiger partial charge in [0.25, 0.3) is 11.7 Å². The molecular formula is C18H17N5O2. The molecule has 0 atom stereocenters. The standard InChI is InChI=1S/C18H17N5O2/c1-8-5-6-12(24)10(3)14(8)23-15(19)13(16(20)25)11-7-9(2)17(21-4)22-18(11)23/h5-7,24H,19H2,1-3H3,(H2,20,25). The fourth-order valence-electron chi connectivity index (χ4n) is 3.08. The molecule has 3 rings (SSSR count). The van der Waals surface area contributed by atoms with Gasteiger partial charge in [-0.25, -0.2) is 0 Å². The van der Waals surface area contributed by atoms with Gasteiger partial charge in [0.05, 0.1) is 16.6 Å². The van der Waals surface area contributed by atoms with Crippen molar-refractivity contribution in [1.82, 2.24) is 9.55 Å². The van der Waals surface area contributed by atoms with E-state index in [9.17, 15) is 9.90 Å². The van der Waals surface area contributed by atoms with Gasteiger partial charge in [0, 0.05) is 5.56 Å². The third-order valence-corrected chi connectivity index (χ3v) is 4.32. The van der Waals surface area contributed by atoms with E-state index in [2.05, 4.69) is 9.83 Å². The number of fused-ring (bicyclic) bond motifs is 1. The molecule has 0 fully saturated rings. The van der Waals surface area contributed by atoms with E-state index in [0.29, 0.717) is 27.8 Å². The van der Waals surface area contributed by atoms with Crippen LogP contribution in [0.2, 0.25) is 0 Å². The summed E-state index contributed by atoms with van der Waals surface area (Å²) in [7, 11) is 0. The number of aromatic nitrogens is 2. The van der Waals surface area contributed by atoms with E-state index >= 15 is 0 Å². The van der Waals surface area contributed by atoms with Gasteiger partial charge in [-0.2, -0.15) is 0 Å². The Morgan fingerprint density at radius 2 is 1.96 bits per heavy atom. The van der Waals surface area contributed by atoms with Gasteiger partial charge >= 0.3 is 0 Å². The Morgan fingerprint density at radius 1 is 1.28 bits per heavy atom. The first-order chi connectivity index (χ1) is 11.8. The van der Waals surface area contributed by atoms with Crippen LogP contribution in [0.15, 0.2) is 18.2 Å². The molecule has 7 heteroatoms. The van der Waals surface area contributed by atoms with Gasteiger partial charge in [-0.05, 0) is 38.0 Å². The molecule has 0 unspecified atom stereocenters. The summed E-state index contributed by atoms with van der Waals surface area (Å²) in [6, 6.07) is 5.03. The fourth-order valence-corrected chi connectivity index (χ4v) is 3.08. The summed E-state index contributed by atoms with van der Waals surface area (Å²) in [4.78, 5) is 19.8. The van der Waals surface area contributed by atoms with E-state index in [0.717, 1.165) is 5.56 Å². The number of benzene rings is 1. The number of phenolic OH excluding ortho intramolecular Hbond substituents is 1. The van der Waals surface area contributed by atoms with Gasteiger partial charge in [-0.15, -0.1) is 4.98 Å². The Morgan fingerprint density at radius 3 is 2.56 bits per heavy atom. The number of aromatic hydroxyl groups is 1. The summed E-state index contributed by atoms with van der Waals surface area (Å²) < 4.78 is 1.58. The number of carbonyl (C=O) groups excluding carboxylic acids is 1. The van der Waals surface area contributed by atoms with Crippen molar-refractivity contribution >= 4 is 28.6 Å². The van der Waals surface area contributed by atoms with Crippen LogP contribution in [0, 0.1) is 27.3 Å². The number of nitrogen functional groups attached to an aromatic ring is 1. The molecule has 7 nitrogen and oxygen atoms in total. The Bertz CT molecular complexity index is 1090. The maximum absolute atomic E-state index is 12.0. The van der Waals surface area contributed by atoms with Crippen molar-refractivity contribution in [1.29, 1.82) is 0 Å². The summed E-state index contributed by atoms with van der Waals surface area (Å²) in [5.41, 5.74) is 15.0. The smallest absolute Gasteiger partial charge is 0.274 e. The van der Waals surface area contributed by atoms with Gasteiger partial charge in [0.1, 0.15) is 11.6 Å². The number of hydrogen-bond donors (Lipinski definition) is 3. The largest absolute Gasteiger partial charge is 0.508 e. The molecule has 2 aromatic heterocycles. The van der Waals surface area contributed by atoms with Crippen LogP contribution in [0.4, 0.5) is 11.6 Å². The predicted octanol–water partition coefficient (Wildman–Crippen LogP) is 2.89. The highest BCUT2D eigenvalue weighted by Crippen LogP contribution is 2.37. The second-order valence-corrected chi connectivity index (χ2v) is 5.95. The molecular weight excluding hydrogens is 318 g/mol. The quantitative estimate of drug-likeness (QED) is 0.625. The number of anilines is 1. The molecule has 2 heterocycles. The van der Waals surface area contributed by atoms with Crippen LogP contribution in [0.3, 0.4) is 0 Å². The number of carbonyl (C=O) groups is 1. The molecule has 0 saturated carbocycles. The molecule has 3 aromatic rings. The van der Waals surface area contributed by atoms with Crippen molar-refractivity contribution in [3.8, 4) is 11.4 Å². The highest BCUT2D eigenvalue weighted by Gasteiger charge is 2.26. The zero-order valence-corrected chi connectivity index (χ0v) is 14.1. The minimum atomic E-state index is -0.673. The highest BCUT2D eigenvalue weighted by atomic mass is 16.3. The first-order valence-electron chi connectivity index (χ1n) is 7.56. The average molecular weight is 335 g/mol. The van der Waals surface area contributed by atoms with E-state index in [1.807, 2.05) is 6.92 Å². The zero-order chi connectivity index (χ0) is 18.5. The van der Waals surface area contributed by atoms with Crippen LogP contribution in [0.5, 0.6) is 5.75 Å². The number of hydrogen-bond acceptors (Lipinski definition) is 4. The number of aryl methyl sites for hydroxylation is 2.